The van der Waals surface area contributed by atoms with Gasteiger partial charge in [-0.1, -0.05) is 23.7 Å². The highest BCUT2D eigenvalue weighted by Gasteiger charge is 2.30. The van der Waals surface area contributed by atoms with Crippen molar-refractivity contribution in [3.63, 3.8) is 0 Å². The molecule has 0 spiro atoms. The van der Waals surface area contributed by atoms with E-state index in [1.165, 1.54) is 19.1 Å². The second-order valence-electron chi connectivity index (χ2n) is 7.61. The molecule has 176 valence electrons. The van der Waals surface area contributed by atoms with Gasteiger partial charge in [0.15, 0.2) is 0 Å². The van der Waals surface area contributed by atoms with Gasteiger partial charge in [0.25, 0.3) is 5.69 Å². The molecular formula is C23H21ClN4O5S. The van der Waals surface area contributed by atoms with Gasteiger partial charge >= 0.3 is 0 Å². The van der Waals surface area contributed by atoms with Crippen LogP contribution in [0, 0.1) is 10.1 Å². The first-order chi connectivity index (χ1) is 16.3. The Kier molecular flexibility index (Phi) is 7.32. The molecule has 3 aromatic rings. The molecule has 1 saturated heterocycles. The predicted octanol–water partition coefficient (Wildman–Crippen LogP) is 4.36. The molecule has 4 rings (SSSR count). The van der Waals surface area contributed by atoms with E-state index in [2.05, 4.69) is 10.3 Å². The van der Waals surface area contributed by atoms with Crippen LogP contribution in [-0.2, 0) is 20.5 Å². The van der Waals surface area contributed by atoms with Gasteiger partial charge in [-0.25, -0.2) is 13.5 Å². The Hall–Kier alpha value is -3.18. The van der Waals surface area contributed by atoms with E-state index in [9.17, 15) is 19.1 Å². The van der Waals surface area contributed by atoms with Crippen molar-refractivity contribution in [3.8, 4) is 11.1 Å². The Balaban J connectivity index is 1.60. The molecule has 0 bridgehead atoms. The fourth-order valence-corrected chi connectivity index (χ4v) is 5.25. The Bertz CT molecular complexity index is 1270. The Morgan fingerprint density at radius 1 is 1.24 bits per heavy atom. The van der Waals surface area contributed by atoms with Crippen LogP contribution >= 0.6 is 11.6 Å². The zero-order valence-corrected chi connectivity index (χ0v) is 19.7. The van der Waals surface area contributed by atoms with E-state index in [1.54, 1.807) is 46.9 Å². The van der Waals surface area contributed by atoms with E-state index in [0.29, 0.717) is 24.0 Å². The van der Waals surface area contributed by atoms with Crippen LogP contribution in [0.2, 0.25) is 5.02 Å². The fourth-order valence-electron chi connectivity index (χ4n) is 3.70. The lowest BCUT2D eigenvalue weighted by Gasteiger charge is -2.32. The third-order valence-corrected chi connectivity index (χ3v) is 6.94. The molecule has 0 saturated carbocycles. The zero-order valence-electron chi connectivity index (χ0n) is 18.1. The number of nitrogens with one attached hydrogen (secondary N) is 1. The van der Waals surface area contributed by atoms with E-state index in [1.807, 2.05) is 6.07 Å². The van der Waals surface area contributed by atoms with Crippen LogP contribution in [-0.4, -0.2) is 44.0 Å². The largest absolute Gasteiger partial charge is 0.371 e. The monoisotopic (exact) mass is 500 g/mol. The third-order valence-electron chi connectivity index (χ3n) is 5.20. The Morgan fingerprint density at radius 3 is 2.79 bits per heavy atom. The normalized spacial score (nSPS) is 17.2. The lowest BCUT2D eigenvalue weighted by molar-refractivity contribution is -0.387. The second kappa shape index (κ2) is 10.4. The average molecular weight is 501 g/mol. The number of rotatable bonds is 6. The Morgan fingerprint density at radius 2 is 2.03 bits per heavy atom. The van der Waals surface area contributed by atoms with Gasteiger partial charge in [0.2, 0.25) is 5.91 Å². The van der Waals surface area contributed by atoms with Crippen molar-refractivity contribution in [1.29, 1.82) is 0 Å². The van der Waals surface area contributed by atoms with E-state index >= 15 is 0 Å². The topological polar surface area (TPSA) is 115 Å². The van der Waals surface area contributed by atoms with Gasteiger partial charge in [0.05, 0.1) is 17.6 Å². The van der Waals surface area contributed by atoms with E-state index in [0.717, 1.165) is 16.7 Å². The number of halogens is 1. The van der Waals surface area contributed by atoms with Gasteiger partial charge in [-0.2, -0.15) is 0 Å². The summed E-state index contributed by atoms with van der Waals surface area (Å²) in [5, 5.41) is 14.5. The highest BCUT2D eigenvalue weighted by molar-refractivity contribution is 7.82. The number of morpholine rings is 1. The van der Waals surface area contributed by atoms with Crippen LogP contribution in [0.1, 0.15) is 18.6 Å². The van der Waals surface area contributed by atoms with Crippen molar-refractivity contribution in [3.05, 3.63) is 81.5 Å². The number of aromatic nitrogens is 1. The maximum atomic E-state index is 13.2. The maximum Gasteiger partial charge on any atom is 0.286 e. The summed E-state index contributed by atoms with van der Waals surface area (Å²) >= 11 is 6.40. The summed E-state index contributed by atoms with van der Waals surface area (Å²) < 4.78 is 20.8. The molecule has 9 nitrogen and oxygen atoms in total. The molecule has 2 aromatic carbocycles. The van der Waals surface area contributed by atoms with E-state index < -0.39 is 22.0 Å². The fraction of sp³-hybridized carbons (Fsp3) is 0.217. The van der Waals surface area contributed by atoms with Crippen LogP contribution in [0.4, 0.5) is 11.5 Å². The number of hydrogen-bond acceptors (Lipinski definition) is 6. The number of amides is 1. The number of ether oxygens (including phenoxy) is 1. The van der Waals surface area contributed by atoms with Gasteiger partial charge in [-0.15, -0.1) is 0 Å². The zero-order chi connectivity index (χ0) is 24.2. The van der Waals surface area contributed by atoms with Gasteiger partial charge < -0.3 is 10.1 Å². The van der Waals surface area contributed by atoms with Crippen molar-refractivity contribution in [2.24, 2.45) is 0 Å². The smallest absolute Gasteiger partial charge is 0.286 e. The molecule has 34 heavy (non-hydrogen) atoms. The van der Waals surface area contributed by atoms with Gasteiger partial charge in [0.1, 0.15) is 21.7 Å². The first-order valence-corrected chi connectivity index (χ1v) is 11.9. The number of para-hydroxylation sites is 1. The van der Waals surface area contributed by atoms with Crippen molar-refractivity contribution >= 4 is 40.0 Å². The predicted molar refractivity (Wildman–Crippen MR) is 129 cm³/mol. The molecule has 11 heteroatoms. The van der Waals surface area contributed by atoms with E-state index in [4.69, 9.17) is 16.3 Å². The molecule has 1 aliphatic heterocycles. The average Bonchev–Trinajstić information content (AvgIpc) is 2.83. The third kappa shape index (κ3) is 5.48. The molecule has 2 unspecified atom stereocenters. The molecule has 1 amide bonds. The van der Waals surface area contributed by atoms with Crippen molar-refractivity contribution in [2.45, 2.75) is 17.9 Å². The first-order valence-electron chi connectivity index (χ1n) is 10.4. The summed E-state index contributed by atoms with van der Waals surface area (Å²) in [6, 6.07) is 15.1. The van der Waals surface area contributed by atoms with Crippen molar-refractivity contribution in [2.75, 3.05) is 25.0 Å². The Labute approximate surface area is 203 Å². The summed E-state index contributed by atoms with van der Waals surface area (Å²) in [7, 11) is -1.72. The molecule has 1 aromatic heterocycles. The summed E-state index contributed by atoms with van der Waals surface area (Å²) in [5.41, 5.74) is 2.21. The molecule has 0 radical (unpaired) electrons. The maximum absolute atomic E-state index is 13.2. The van der Waals surface area contributed by atoms with Crippen LogP contribution in [0.3, 0.4) is 0 Å². The minimum absolute atomic E-state index is 0.155. The minimum Gasteiger partial charge on any atom is -0.371 e. The van der Waals surface area contributed by atoms with E-state index in [-0.39, 0.29) is 23.0 Å². The molecule has 2 atom stereocenters. The van der Waals surface area contributed by atoms with Crippen LogP contribution in [0.15, 0.2) is 65.7 Å². The number of pyridine rings is 1. The number of benzene rings is 2. The summed E-state index contributed by atoms with van der Waals surface area (Å²) in [4.78, 5) is 26.5. The number of nitrogens with zero attached hydrogens (tertiary/aromatic N) is 3. The lowest BCUT2D eigenvalue weighted by atomic mass is 10.0. The van der Waals surface area contributed by atoms with Gasteiger partial charge in [-0.3, -0.25) is 14.9 Å². The molecule has 2 heterocycles. The minimum atomic E-state index is -1.72. The number of nitro groups is 1. The molecule has 1 fully saturated rings. The van der Waals surface area contributed by atoms with Gasteiger partial charge in [0, 0.05) is 37.3 Å². The number of carbonyl (C=O) groups excluding carboxylic acids is 1. The van der Waals surface area contributed by atoms with Gasteiger partial charge in [-0.05, 0) is 53.1 Å². The first kappa shape index (κ1) is 24.0. The summed E-state index contributed by atoms with van der Waals surface area (Å²) in [6.45, 7) is 2.35. The summed E-state index contributed by atoms with van der Waals surface area (Å²) in [5.74, 6) is 0.199. The highest BCUT2D eigenvalue weighted by Crippen LogP contribution is 2.33. The standard InChI is InChI=1S/C23H21ClN4O5S/c1-15(29)26-23-13-16(6-7-25-23)17-10-18(12-19(24)11-17)21-14-27(8-9-33-21)34(32)22-5-3-2-4-20(22)28(30)31/h2-7,10-13,21H,8-9,14H2,1H3,(H,25,26,29). The van der Waals surface area contributed by atoms with Crippen LogP contribution in [0.25, 0.3) is 11.1 Å². The molecular weight excluding hydrogens is 480 g/mol. The lowest BCUT2D eigenvalue weighted by Crippen LogP contribution is -2.39. The van der Waals surface area contributed by atoms with Crippen molar-refractivity contribution in [1.82, 2.24) is 9.29 Å². The number of anilines is 1. The quantitative estimate of drug-likeness (QED) is 0.397. The van der Waals surface area contributed by atoms with Crippen LogP contribution in [0.5, 0.6) is 0 Å². The van der Waals surface area contributed by atoms with Crippen molar-refractivity contribution < 1.29 is 18.7 Å². The number of hydrogen-bond donors (Lipinski definition) is 1. The highest BCUT2D eigenvalue weighted by atomic mass is 35.5. The SMILES string of the molecule is CC(=O)Nc1cc(-c2cc(Cl)cc(C3CN(S(=O)c4ccccc4[N+](=O)[O-])CCO3)c2)ccn1. The second-order valence-corrected chi connectivity index (χ2v) is 9.50. The molecule has 1 N–H and O–H groups in total. The number of nitro benzene ring substituents is 1. The molecule has 1 aliphatic rings. The molecule has 0 aliphatic carbocycles. The summed E-state index contributed by atoms with van der Waals surface area (Å²) in [6.07, 6.45) is 1.16. The number of carbonyl (C=O) groups is 1. The van der Waals surface area contributed by atoms with Crippen LogP contribution < -0.4 is 5.32 Å².